The minimum Gasteiger partial charge on any atom is -0.423 e. The number of hydrogen-bond donors (Lipinski definition) is 0. The molecule has 0 bridgehead atoms. The van der Waals surface area contributed by atoms with Crippen LogP contribution in [0.15, 0.2) is 67.0 Å². The number of carbonyl (C=O) groups is 1. The van der Waals surface area contributed by atoms with Gasteiger partial charge in [-0.05, 0) is 29.8 Å². The fourth-order valence-electron chi connectivity index (χ4n) is 1.91. The van der Waals surface area contributed by atoms with Crippen molar-refractivity contribution in [2.45, 2.75) is 6.54 Å². The van der Waals surface area contributed by atoms with Crippen LogP contribution in [0.25, 0.3) is 0 Å². The summed E-state index contributed by atoms with van der Waals surface area (Å²) in [5.41, 5.74) is 1.59. The van der Waals surface area contributed by atoms with Crippen LogP contribution in [0, 0.1) is 0 Å². The van der Waals surface area contributed by atoms with Gasteiger partial charge in [0.15, 0.2) is 0 Å². The minimum absolute atomic E-state index is 0.361. The Morgan fingerprint density at radius 1 is 1.05 bits per heavy atom. The Morgan fingerprint density at radius 3 is 2.48 bits per heavy atom. The summed E-state index contributed by atoms with van der Waals surface area (Å²) in [7, 11) is 0. The van der Waals surface area contributed by atoms with Crippen molar-refractivity contribution >= 4 is 5.97 Å². The first-order valence-electron chi connectivity index (χ1n) is 6.51. The lowest BCUT2D eigenvalue weighted by molar-refractivity contribution is 0.0734. The molecule has 104 valence electrons. The molecule has 3 aromatic rings. The summed E-state index contributed by atoms with van der Waals surface area (Å²) < 4.78 is 7.04. The van der Waals surface area contributed by atoms with Gasteiger partial charge in [0.25, 0.3) is 0 Å². The molecule has 21 heavy (non-hydrogen) atoms. The molecule has 0 aliphatic carbocycles. The molecule has 0 amide bonds. The van der Waals surface area contributed by atoms with Crippen molar-refractivity contribution in [1.29, 1.82) is 0 Å². The molecule has 0 saturated carbocycles. The average Bonchev–Trinajstić information content (AvgIpc) is 3.03. The molecule has 0 aliphatic heterocycles. The maximum atomic E-state index is 11.9. The summed E-state index contributed by atoms with van der Waals surface area (Å²) in [6.07, 6.45) is 3.43. The Balaban J connectivity index is 1.66. The van der Waals surface area contributed by atoms with Crippen LogP contribution >= 0.6 is 0 Å². The van der Waals surface area contributed by atoms with Crippen LogP contribution in [0.4, 0.5) is 0 Å². The van der Waals surface area contributed by atoms with Gasteiger partial charge in [0, 0.05) is 6.20 Å². The van der Waals surface area contributed by atoms with Crippen LogP contribution < -0.4 is 4.74 Å². The van der Waals surface area contributed by atoms with Crippen LogP contribution in [0.3, 0.4) is 0 Å². The van der Waals surface area contributed by atoms with Gasteiger partial charge >= 0.3 is 5.97 Å². The number of hydrogen-bond acceptors (Lipinski definition) is 4. The SMILES string of the molecule is O=C(Oc1ccc(Cn2ccnn2)cc1)c1ccccc1. The zero-order chi connectivity index (χ0) is 14.5. The lowest BCUT2D eigenvalue weighted by atomic mass is 10.2. The van der Waals surface area contributed by atoms with Gasteiger partial charge in [-0.1, -0.05) is 35.5 Å². The third kappa shape index (κ3) is 3.33. The fourth-order valence-corrected chi connectivity index (χ4v) is 1.91. The second kappa shape index (κ2) is 6.00. The van der Waals surface area contributed by atoms with E-state index in [-0.39, 0.29) is 5.97 Å². The second-order valence-corrected chi connectivity index (χ2v) is 4.50. The third-order valence-corrected chi connectivity index (χ3v) is 2.96. The monoisotopic (exact) mass is 279 g/mol. The Labute approximate surface area is 121 Å². The van der Waals surface area contributed by atoms with Gasteiger partial charge < -0.3 is 4.74 Å². The molecular weight excluding hydrogens is 266 g/mol. The van der Waals surface area contributed by atoms with E-state index in [1.54, 1.807) is 53.5 Å². The van der Waals surface area contributed by atoms with Gasteiger partial charge in [-0.25, -0.2) is 9.48 Å². The average molecular weight is 279 g/mol. The molecule has 0 aliphatic rings. The fraction of sp³-hybridized carbons (Fsp3) is 0.0625. The van der Waals surface area contributed by atoms with Crippen LogP contribution in [-0.2, 0) is 6.54 Å². The van der Waals surface area contributed by atoms with Crippen molar-refractivity contribution in [2.75, 3.05) is 0 Å². The van der Waals surface area contributed by atoms with Crippen molar-refractivity contribution in [3.05, 3.63) is 78.1 Å². The molecule has 0 spiro atoms. The zero-order valence-electron chi connectivity index (χ0n) is 11.2. The van der Waals surface area contributed by atoms with Gasteiger partial charge in [0.1, 0.15) is 5.75 Å². The van der Waals surface area contributed by atoms with Gasteiger partial charge in [-0.2, -0.15) is 0 Å². The van der Waals surface area contributed by atoms with Crippen molar-refractivity contribution < 1.29 is 9.53 Å². The predicted octanol–water partition coefficient (Wildman–Crippen LogP) is 2.55. The van der Waals surface area contributed by atoms with Crippen LogP contribution in [0.1, 0.15) is 15.9 Å². The Bertz CT molecular complexity index is 707. The summed E-state index contributed by atoms with van der Waals surface area (Å²) in [5, 5.41) is 7.66. The molecule has 3 rings (SSSR count). The summed E-state index contributed by atoms with van der Waals surface area (Å²) in [4.78, 5) is 11.9. The first kappa shape index (κ1) is 13.1. The van der Waals surface area contributed by atoms with Gasteiger partial charge in [0.05, 0.1) is 18.3 Å². The smallest absolute Gasteiger partial charge is 0.343 e. The van der Waals surface area contributed by atoms with E-state index in [4.69, 9.17) is 4.74 Å². The molecule has 0 atom stereocenters. The van der Waals surface area contributed by atoms with E-state index < -0.39 is 0 Å². The zero-order valence-corrected chi connectivity index (χ0v) is 11.2. The standard InChI is InChI=1S/C16H13N3O2/c20-16(14-4-2-1-3-5-14)21-15-8-6-13(7-9-15)12-19-11-10-17-18-19/h1-11H,12H2. The summed E-state index contributed by atoms with van der Waals surface area (Å²) in [5.74, 6) is 0.158. The number of rotatable bonds is 4. The van der Waals surface area contributed by atoms with Crippen molar-refractivity contribution in [3.63, 3.8) is 0 Å². The molecule has 0 radical (unpaired) electrons. The molecular formula is C16H13N3O2. The third-order valence-electron chi connectivity index (χ3n) is 2.96. The lowest BCUT2D eigenvalue weighted by Crippen LogP contribution is -2.08. The van der Waals surface area contributed by atoms with Crippen LogP contribution in [0.2, 0.25) is 0 Å². The number of aromatic nitrogens is 3. The summed E-state index contributed by atoms with van der Waals surface area (Å²) >= 11 is 0. The van der Waals surface area contributed by atoms with Crippen molar-refractivity contribution in [3.8, 4) is 5.75 Å². The van der Waals surface area contributed by atoms with E-state index >= 15 is 0 Å². The Kier molecular flexibility index (Phi) is 3.73. The summed E-state index contributed by atoms with van der Waals surface area (Å²) in [6.45, 7) is 0.632. The largest absolute Gasteiger partial charge is 0.423 e. The molecule has 5 heteroatoms. The number of nitrogens with zero attached hydrogens (tertiary/aromatic N) is 3. The molecule has 0 fully saturated rings. The van der Waals surface area contributed by atoms with E-state index in [0.29, 0.717) is 17.9 Å². The Hall–Kier alpha value is -2.95. The van der Waals surface area contributed by atoms with E-state index in [1.165, 1.54) is 0 Å². The quantitative estimate of drug-likeness (QED) is 0.544. The van der Waals surface area contributed by atoms with E-state index in [9.17, 15) is 4.79 Å². The maximum Gasteiger partial charge on any atom is 0.343 e. The van der Waals surface area contributed by atoms with E-state index in [1.807, 2.05) is 18.2 Å². The van der Waals surface area contributed by atoms with E-state index in [2.05, 4.69) is 10.3 Å². The highest BCUT2D eigenvalue weighted by molar-refractivity contribution is 5.90. The second-order valence-electron chi connectivity index (χ2n) is 4.50. The van der Waals surface area contributed by atoms with Crippen LogP contribution in [0.5, 0.6) is 5.75 Å². The predicted molar refractivity (Wildman–Crippen MR) is 77.0 cm³/mol. The highest BCUT2D eigenvalue weighted by Crippen LogP contribution is 2.14. The number of ether oxygens (including phenoxy) is 1. The number of benzene rings is 2. The number of esters is 1. The van der Waals surface area contributed by atoms with Gasteiger partial charge in [0.2, 0.25) is 0 Å². The van der Waals surface area contributed by atoms with Crippen LogP contribution in [-0.4, -0.2) is 21.0 Å². The summed E-state index contributed by atoms with van der Waals surface area (Å²) in [6, 6.07) is 16.2. The normalized spacial score (nSPS) is 10.3. The molecule has 0 unspecified atom stereocenters. The van der Waals surface area contributed by atoms with E-state index in [0.717, 1.165) is 5.56 Å². The topological polar surface area (TPSA) is 57.0 Å². The number of carbonyl (C=O) groups excluding carboxylic acids is 1. The van der Waals surface area contributed by atoms with Crippen molar-refractivity contribution in [1.82, 2.24) is 15.0 Å². The van der Waals surface area contributed by atoms with Gasteiger partial charge in [-0.3, -0.25) is 0 Å². The molecule has 0 saturated heterocycles. The molecule has 0 N–H and O–H groups in total. The molecule has 5 nitrogen and oxygen atoms in total. The first-order valence-corrected chi connectivity index (χ1v) is 6.51. The maximum absolute atomic E-state index is 11.9. The Morgan fingerprint density at radius 2 is 1.81 bits per heavy atom. The molecule has 1 aromatic heterocycles. The minimum atomic E-state index is -0.361. The molecule has 2 aromatic carbocycles. The lowest BCUT2D eigenvalue weighted by Gasteiger charge is -2.06. The first-order chi connectivity index (χ1) is 10.3. The highest BCUT2D eigenvalue weighted by atomic mass is 16.5. The molecule has 1 heterocycles. The van der Waals surface area contributed by atoms with Gasteiger partial charge in [-0.15, -0.1) is 5.10 Å². The van der Waals surface area contributed by atoms with Crippen molar-refractivity contribution in [2.24, 2.45) is 0 Å². The highest BCUT2D eigenvalue weighted by Gasteiger charge is 2.07.